The molecule has 3 rings (SSSR count). The minimum absolute atomic E-state index is 0.0597. The summed E-state index contributed by atoms with van der Waals surface area (Å²) in [6.45, 7) is 8.16. The highest BCUT2D eigenvalue weighted by atomic mass is 16.3. The summed E-state index contributed by atoms with van der Waals surface area (Å²) in [6, 6.07) is 4.10. The Bertz CT molecular complexity index is 909. The van der Waals surface area contributed by atoms with Gasteiger partial charge in [0.15, 0.2) is 11.6 Å². The van der Waals surface area contributed by atoms with E-state index < -0.39 is 6.10 Å². The number of aryl methyl sites for hydroxylation is 2. The van der Waals surface area contributed by atoms with Crippen molar-refractivity contribution in [3.05, 3.63) is 47.7 Å². The Hall–Kier alpha value is -2.53. The van der Waals surface area contributed by atoms with E-state index in [1.54, 1.807) is 26.2 Å². The van der Waals surface area contributed by atoms with Gasteiger partial charge in [0.2, 0.25) is 0 Å². The summed E-state index contributed by atoms with van der Waals surface area (Å²) in [5.74, 6) is 0.461. The molecule has 0 fully saturated rings. The van der Waals surface area contributed by atoms with Gasteiger partial charge in [0.05, 0.1) is 5.52 Å². The van der Waals surface area contributed by atoms with Crippen LogP contribution < -0.4 is 0 Å². The largest absolute Gasteiger partial charge is 0.385 e. The van der Waals surface area contributed by atoms with Gasteiger partial charge in [-0.2, -0.15) is 0 Å². The highest BCUT2D eigenvalue weighted by Crippen LogP contribution is 2.31. The van der Waals surface area contributed by atoms with Crippen LogP contribution in [0.25, 0.3) is 22.0 Å². The Morgan fingerprint density at radius 3 is 2.46 bits per heavy atom. The zero-order valence-electron chi connectivity index (χ0n) is 14.4. The first-order valence-corrected chi connectivity index (χ1v) is 8.07. The van der Waals surface area contributed by atoms with E-state index in [0.29, 0.717) is 5.82 Å². The summed E-state index contributed by atoms with van der Waals surface area (Å²) in [5.41, 5.74) is 4.76. The molecule has 0 aliphatic heterocycles. The molecule has 5 nitrogen and oxygen atoms in total. The van der Waals surface area contributed by atoms with Crippen molar-refractivity contribution in [3.63, 3.8) is 0 Å². The van der Waals surface area contributed by atoms with E-state index in [2.05, 4.69) is 27.5 Å². The van der Waals surface area contributed by atoms with Crippen molar-refractivity contribution >= 4 is 16.7 Å². The predicted octanol–water partition coefficient (Wildman–Crippen LogP) is 3.68. The van der Waals surface area contributed by atoms with Crippen LogP contribution in [0, 0.1) is 6.92 Å². The van der Waals surface area contributed by atoms with Gasteiger partial charge in [-0.15, -0.1) is 0 Å². The summed E-state index contributed by atoms with van der Waals surface area (Å²) in [5, 5.41) is 10.5. The Kier molecular flexibility index (Phi) is 4.20. The van der Waals surface area contributed by atoms with E-state index in [0.717, 1.165) is 39.7 Å². The number of hydrogen-bond acceptors (Lipinski definition) is 4. The summed E-state index contributed by atoms with van der Waals surface area (Å²) in [7, 11) is 0. The summed E-state index contributed by atoms with van der Waals surface area (Å²) >= 11 is 0. The summed E-state index contributed by atoms with van der Waals surface area (Å²) in [6.07, 6.45) is 4.66. The van der Waals surface area contributed by atoms with Gasteiger partial charge in [0.25, 0.3) is 0 Å². The molecular weight excluding hydrogens is 302 g/mol. The number of benzene rings is 1. The number of aromatic nitrogens is 3. The minimum Gasteiger partial charge on any atom is -0.385 e. The zero-order chi connectivity index (χ0) is 17.4. The third-order valence-corrected chi connectivity index (χ3v) is 4.26. The molecule has 1 unspecified atom stereocenters. The van der Waals surface area contributed by atoms with Gasteiger partial charge < -0.3 is 9.67 Å². The molecule has 0 bridgehead atoms. The van der Waals surface area contributed by atoms with Crippen LogP contribution in [-0.2, 0) is 6.54 Å². The average Bonchev–Trinajstić information content (AvgIpc) is 2.94. The second-order valence-electron chi connectivity index (χ2n) is 6.08. The van der Waals surface area contributed by atoms with Crippen LogP contribution in [0.5, 0.6) is 0 Å². The van der Waals surface area contributed by atoms with Crippen LogP contribution in [0.4, 0.5) is 0 Å². The smallest absolute Gasteiger partial charge is 0.161 e. The molecular formula is C19H21N3O2. The summed E-state index contributed by atoms with van der Waals surface area (Å²) < 4.78 is 2.11. The van der Waals surface area contributed by atoms with Crippen molar-refractivity contribution in [1.29, 1.82) is 0 Å². The Morgan fingerprint density at radius 1 is 1.25 bits per heavy atom. The number of aliphatic hydroxyl groups excluding tert-OH is 1. The lowest BCUT2D eigenvalue weighted by molar-refractivity contribution is 0.101. The maximum absolute atomic E-state index is 12.0. The van der Waals surface area contributed by atoms with Crippen molar-refractivity contribution < 1.29 is 9.90 Å². The minimum atomic E-state index is -0.689. The molecule has 0 aliphatic carbocycles. The zero-order valence-corrected chi connectivity index (χ0v) is 14.4. The molecule has 2 heterocycles. The standard InChI is InChI=1S/C19H21N3O2/c1-5-22-10-17(12(3)23)16-7-14(6-11(2)18(16)22)15-8-20-19(13(4)24)21-9-15/h6-10,13,24H,5H2,1-4H3. The molecule has 1 N–H and O–H groups in total. The number of aliphatic hydroxyl groups is 1. The van der Waals surface area contributed by atoms with E-state index in [-0.39, 0.29) is 5.78 Å². The molecule has 0 aliphatic rings. The number of fused-ring (bicyclic) bond motifs is 1. The first-order chi connectivity index (χ1) is 11.4. The normalized spacial score (nSPS) is 12.5. The van der Waals surface area contributed by atoms with Crippen LogP contribution in [0.3, 0.4) is 0 Å². The van der Waals surface area contributed by atoms with Gasteiger partial charge in [0, 0.05) is 41.6 Å². The van der Waals surface area contributed by atoms with E-state index in [9.17, 15) is 9.90 Å². The molecule has 0 saturated carbocycles. The van der Waals surface area contributed by atoms with Crippen LogP contribution in [-0.4, -0.2) is 25.4 Å². The molecule has 0 amide bonds. The van der Waals surface area contributed by atoms with Gasteiger partial charge >= 0.3 is 0 Å². The molecule has 24 heavy (non-hydrogen) atoms. The third-order valence-electron chi connectivity index (χ3n) is 4.26. The maximum atomic E-state index is 12.0. The van der Waals surface area contributed by atoms with Gasteiger partial charge in [-0.3, -0.25) is 4.79 Å². The SMILES string of the molecule is CCn1cc(C(C)=O)c2cc(-c3cnc(C(C)O)nc3)cc(C)c21. The van der Waals surface area contributed by atoms with Crippen molar-refractivity contribution in [2.45, 2.75) is 40.3 Å². The van der Waals surface area contributed by atoms with Crippen LogP contribution in [0.15, 0.2) is 30.7 Å². The lowest BCUT2D eigenvalue weighted by Crippen LogP contribution is -1.99. The maximum Gasteiger partial charge on any atom is 0.161 e. The third kappa shape index (κ3) is 2.71. The number of carbonyl (C=O) groups is 1. The quantitative estimate of drug-likeness (QED) is 0.744. The molecule has 0 saturated heterocycles. The van der Waals surface area contributed by atoms with Gasteiger partial charge in [-0.1, -0.05) is 0 Å². The number of Topliss-reactive ketones (excluding diaryl/α,β-unsaturated/α-hetero) is 1. The van der Waals surface area contributed by atoms with Gasteiger partial charge in [-0.05, 0) is 51.0 Å². The first-order valence-electron chi connectivity index (χ1n) is 8.07. The molecule has 0 radical (unpaired) electrons. The van der Waals surface area contributed by atoms with Crippen molar-refractivity contribution in [2.75, 3.05) is 0 Å². The first kappa shape index (κ1) is 16.3. The fraction of sp³-hybridized carbons (Fsp3) is 0.316. The number of rotatable bonds is 4. The lowest BCUT2D eigenvalue weighted by Gasteiger charge is -2.09. The number of carbonyl (C=O) groups excluding carboxylic acids is 1. The van der Waals surface area contributed by atoms with Crippen molar-refractivity contribution in [2.24, 2.45) is 0 Å². The fourth-order valence-corrected chi connectivity index (χ4v) is 3.06. The number of ketones is 1. The van der Waals surface area contributed by atoms with Crippen molar-refractivity contribution in [1.82, 2.24) is 14.5 Å². The number of nitrogens with zero attached hydrogens (tertiary/aromatic N) is 3. The average molecular weight is 323 g/mol. The molecule has 1 atom stereocenters. The highest BCUT2D eigenvalue weighted by molar-refractivity contribution is 6.08. The van der Waals surface area contributed by atoms with Crippen LogP contribution in [0.1, 0.15) is 48.6 Å². The fourth-order valence-electron chi connectivity index (χ4n) is 3.06. The topological polar surface area (TPSA) is 68.0 Å². The van der Waals surface area contributed by atoms with Crippen LogP contribution >= 0.6 is 0 Å². The van der Waals surface area contributed by atoms with E-state index in [1.165, 1.54) is 0 Å². The Morgan fingerprint density at radius 2 is 1.92 bits per heavy atom. The predicted molar refractivity (Wildman–Crippen MR) is 94.0 cm³/mol. The Labute approximate surface area is 141 Å². The van der Waals surface area contributed by atoms with E-state index >= 15 is 0 Å². The molecule has 5 heteroatoms. The Balaban J connectivity index is 2.19. The van der Waals surface area contributed by atoms with Crippen molar-refractivity contribution in [3.8, 4) is 11.1 Å². The molecule has 124 valence electrons. The van der Waals surface area contributed by atoms with Crippen LogP contribution in [0.2, 0.25) is 0 Å². The molecule has 3 aromatic rings. The second kappa shape index (κ2) is 6.17. The van der Waals surface area contributed by atoms with E-state index in [4.69, 9.17) is 0 Å². The monoisotopic (exact) mass is 323 g/mol. The number of hydrogen-bond donors (Lipinski definition) is 1. The lowest BCUT2D eigenvalue weighted by atomic mass is 10.0. The second-order valence-corrected chi connectivity index (χ2v) is 6.08. The summed E-state index contributed by atoms with van der Waals surface area (Å²) in [4.78, 5) is 20.4. The molecule has 0 spiro atoms. The highest BCUT2D eigenvalue weighted by Gasteiger charge is 2.15. The molecule has 1 aromatic carbocycles. The van der Waals surface area contributed by atoms with E-state index in [1.807, 2.05) is 19.2 Å². The van der Waals surface area contributed by atoms with Gasteiger partial charge in [0.1, 0.15) is 6.10 Å². The molecule has 2 aromatic heterocycles. The van der Waals surface area contributed by atoms with Gasteiger partial charge in [-0.25, -0.2) is 9.97 Å².